The summed E-state index contributed by atoms with van der Waals surface area (Å²) in [5.41, 5.74) is 4.35. The Morgan fingerprint density at radius 3 is 2.59 bits per heavy atom. The molecule has 12 heteroatoms. The van der Waals surface area contributed by atoms with Gasteiger partial charge in [-0.3, -0.25) is 4.79 Å². The normalized spacial score (nSPS) is 15.1. The first-order valence-corrected chi connectivity index (χ1v) is 13.0. The topological polar surface area (TPSA) is 137 Å². The predicted molar refractivity (Wildman–Crippen MR) is 148 cm³/mol. The van der Waals surface area contributed by atoms with Crippen molar-refractivity contribution >= 4 is 40.1 Å². The number of halogens is 1. The van der Waals surface area contributed by atoms with Crippen LogP contribution in [-0.2, 0) is 14.3 Å². The number of carbonyl (C=O) groups excluding carboxylic acids is 3. The predicted octanol–water partition coefficient (Wildman–Crippen LogP) is 3.97. The van der Waals surface area contributed by atoms with Gasteiger partial charge in [-0.15, -0.1) is 0 Å². The number of hydrogen-bond donors (Lipinski definition) is 3. The van der Waals surface area contributed by atoms with Crippen LogP contribution in [0.4, 0.5) is 4.79 Å². The zero-order valence-electron chi connectivity index (χ0n) is 22.3. The van der Waals surface area contributed by atoms with Gasteiger partial charge in [0.25, 0.3) is 5.91 Å². The van der Waals surface area contributed by atoms with Gasteiger partial charge in [-0.05, 0) is 63.6 Å². The number of hydrogen-bond acceptors (Lipinski definition) is 8. The maximum Gasteiger partial charge on any atom is 0.338 e. The molecule has 3 rings (SSSR count). The van der Waals surface area contributed by atoms with E-state index in [-0.39, 0.29) is 24.9 Å². The molecule has 0 fully saturated rings. The Bertz CT molecular complexity index is 1290. The number of ether oxygens (including phenoxy) is 4. The van der Waals surface area contributed by atoms with Crippen LogP contribution in [0.5, 0.6) is 17.2 Å². The number of hydrazone groups is 1. The van der Waals surface area contributed by atoms with E-state index in [0.29, 0.717) is 34.1 Å². The highest BCUT2D eigenvalue weighted by molar-refractivity contribution is 9.10. The molecule has 0 spiro atoms. The zero-order chi connectivity index (χ0) is 28.5. The van der Waals surface area contributed by atoms with E-state index in [1.807, 2.05) is 32.0 Å². The van der Waals surface area contributed by atoms with Gasteiger partial charge in [0.2, 0.25) is 0 Å². The third-order valence-electron chi connectivity index (χ3n) is 5.37. The third-order valence-corrected chi connectivity index (χ3v) is 5.86. The van der Waals surface area contributed by atoms with E-state index in [0.717, 1.165) is 4.47 Å². The van der Waals surface area contributed by atoms with Crippen LogP contribution in [0.25, 0.3) is 0 Å². The van der Waals surface area contributed by atoms with Crippen molar-refractivity contribution in [1.82, 2.24) is 16.1 Å². The summed E-state index contributed by atoms with van der Waals surface area (Å²) in [5.74, 6) is 0.191. The Hall–Kier alpha value is -4.06. The third kappa shape index (κ3) is 7.96. The van der Waals surface area contributed by atoms with Crippen LogP contribution in [0.2, 0.25) is 0 Å². The van der Waals surface area contributed by atoms with Gasteiger partial charge in [0, 0.05) is 15.7 Å². The number of urea groups is 1. The molecule has 208 valence electrons. The molecule has 1 aliphatic rings. The Kier molecular flexibility index (Phi) is 10.3. The molecule has 0 saturated carbocycles. The number of methoxy groups -OCH3 is 1. The molecule has 3 amide bonds. The highest BCUT2D eigenvalue weighted by atomic mass is 79.9. The molecule has 1 heterocycles. The van der Waals surface area contributed by atoms with Crippen molar-refractivity contribution in [3.63, 3.8) is 0 Å². The van der Waals surface area contributed by atoms with Crippen LogP contribution in [0.3, 0.4) is 0 Å². The number of rotatable bonds is 11. The molecule has 0 bridgehead atoms. The van der Waals surface area contributed by atoms with Crippen molar-refractivity contribution in [2.75, 3.05) is 20.3 Å². The molecule has 39 heavy (non-hydrogen) atoms. The lowest BCUT2D eigenvalue weighted by Crippen LogP contribution is -2.45. The van der Waals surface area contributed by atoms with Crippen LogP contribution >= 0.6 is 15.9 Å². The number of allylic oxidation sites excluding steroid dienone is 1. The minimum absolute atomic E-state index is 0.0227. The van der Waals surface area contributed by atoms with E-state index in [1.165, 1.54) is 13.3 Å². The fourth-order valence-corrected chi connectivity index (χ4v) is 4.12. The molecular formula is C27H31BrN4O7. The van der Waals surface area contributed by atoms with E-state index >= 15 is 0 Å². The van der Waals surface area contributed by atoms with Gasteiger partial charge in [-0.1, -0.05) is 22.0 Å². The standard InChI is InChI=1S/C27H31BrN4O7/c1-6-37-26(34)24-16(4)30-27(35)31-25(24)17-7-9-21(22(12-17)36-5)38-14-23(33)32-29-13-18-11-19(28)8-10-20(18)39-15(2)3/h7-13,15,25H,6,14H2,1-5H3,(H,32,33)(H2,30,31,35)/b29-13+/t25-/m1/s1. The van der Waals surface area contributed by atoms with Gasteiger partial charge in [0.05, 0.1) is 37.7 Å². The van der Waals surface area contributed by atoms with Gasteiger partial charge in [0.15, 0.2) is 18.1 Å². The Morgan fingerprint density at radius 1 is 1.15 bits per heavy atom. The van der Waals surface area contributed by atoms with Crippen molar-refractivity contribution in [2.24, 2.45) is 5.10 Å². The maximum atomic E-state index is 12.6. The highest BCUT2D eigenvalue weighted by Crippen LogP contribution is 2.34. The molecule has 3 N–H and O–H groups in total. The molecule has 2 aromatic carbocycles. The van der Waals surface area contributed by atoms with Crippen molar-refractivity contribution in [1.29, 1.82) is 0 Å². The molecular weight excluding hydrogens is 572 g/mol. The number of amides is 3. The number of carbonyl (C=O) groups is 3. The molecule has 0 unspecified atom stereocenters. The van der Waals surface area contributed by atoms with Gasteiger partial charge >= 0.3 is 12.0 Å². The summed E-state index contributed by atoms with van der Waals surface area (Å²) in [4.78, 5) is 37.0. The lowest BCUT2D eigenvalue weighted by atomic mass is 9.95. The Balaban J connectivity index is 1.69. The van der Waals surface area contributed by atoms with Gasteiger partial charge < -0.3 is 29.6 Å². The molecule has 0 aliphatic carbocycles. The van der Waals surface area contributed by atoms with Crippen LogP contribution in [0.15, 0.2) is 57.2 Å². The zero-order valence-corrected chi connectivity index (χ0v) is 23.9. The van der Waals surface area contributed by atoms with Crippen LogP contribution in [0.1, 0.15) is 44.9 Å². The molecule has 2 aromatic rings. The first kappa shape index (κ1) is 29.5. The largest absolute Gasteiger partial charge is 0.493 e. The summed E-state index contributed by atoms with van der Waals surface area (Å²) in [6.45, 7) is 7.02. The minimum atomic E-state index is -0.763. The van der Waals surface area contributed by atoms with Crippen molar-refractivity contribution < 1.29 is 33.3 Å². The minimum Gasteiger partial charge on any atom is -0.493 e. The van der Waals surface area contributed by atoms with Gasteiger partial charge in [-0.25, -0.2) is 15.0 Å². The van der Waals surface area contributed by atoms with E-state index in [1.54, 1.807) is 32.0 Å². The SMILES string of the molecule is CCOC(=O)C1=C(C)NC(=O)N[C@@H]1c1ccc(OCC(=O)N/N=C/c2cc(Br)ccc2OC(C)C)c(OC)c1. The first-order chi connectivity index (χ1) is 18.6. The average molecular weight is 603 g/mol. The molecule has 1 aliphatic heterocycles. The van der Waals surface area contributed by atoms with E-state index in [4.69, 9.17) is 18.9 Å². The van der Waals surface area contributed by atoms with Crippen molar-refractivity contribution in [2.45, 2.75) is 39.8 Å². The summed E-state index contributed by atoms with van der Waals surface area (Å²) in [5, 5.41) is 9.32. The average Bonchev–Trinajstić information content (AvgIpc) is 2.88. The number of esters is 1. The van der Waals surface area contributed by atoms with E-state index in [2.05, 4.69) is 37.1 Å². The van der Waals surface area contributed by atoms with Gasteiger partial charge in [-0.2, -0.15) is 5.10 Å². The molecule has 1 atom stereocenters. The molecule has 0 radical (unpaired) electrons. The molecule has 0 aromatic heterocycles. The first-order valence-electron chi connectivity index (χ1n) is 12.2. The molecule has 11 nitrogen and oxygen atoms in total. The Morgan fingerprint density at radius 2 is 1.90 bits per heavy atom. The second-order valence-corrected chi connectivity index (χ2v) is 9.55. The smallest absolute Gasteiger partial charge is 0.338 e. The number of benzene rings is 2. The van der Waals surface area contributed by atoms with Gasteiger partial charge in [0.1, 0.15) is 5.75 Å². The Labute approximate surface area is 235 Å². The second-order valence-electron chi connectivity index (χ2n) is 8.63. The lowest BCUT2D eigenvalue weighted by molar-refractivity contribution is -0.139. The maximum absolute atomic E-state index is 12.6. The summed E-state index contributed by atoms with van der Waals surface area (Å²) in [7, 11) is 1.44. The van der Waals surface area contributed by atoms with Crippen molar-refractivity contribution in [3.8, 4) is 17.2 Å². The van der Waals surface area contributed by atoms with Crippen LogP contribution in [0, 0.1) is 0 Å². The van der Waals surface area contributed by atoms with E-state index < -0.39 is 23.9 Å². The molecule has 0 saturated heterocycles. The van der Waals surface area contributed by atoms with Crippen LogP contribution in [-0.4, -0.2) is 50.5 Å². The quantitative estimate of drug-likeness (QED) is 0.201. The highest BCUT2D eigenvalue weighted by Gasteiger charge is 2.32. The fraction of sp³-hybridized carbons (Fsp3) is 0.333. The summed E-state index contributed by atoms with van der Waals surface area (Å²) in [6, 6.07) is 9.16. The number of nitrogens with zero attached hydrogens (tertiary/aromatic N) is 1. The summed E-state index contributed by atoms with van der Waals surface area (Å²) in [6.07, 6.45) is 1.46. The number of nitrogens with one attached hydrogen (secondary N) is 3. The second kappa shape index (κ2) is 13.7. The van der Waals surface area contributed by atoms with Crippen molar-refractivity contribution in [3.05, 3.63) is 63.3 Å². The summed E-state index contributed by atoms with van der Waals surface area (Å²) >= 11 is 3.42. The summed E-state index contributed by atoms with van der Waals surface area (Å²) < 4.78 is 22.8. The monoisotopic (exact) mass is 602 g/mol. The van der Waals surface area contributed by atoms with E-state index in [9.17, 15) is 14.4 Å². The lowest BCUT2D eigenvalue weighted by Gasteiger charge is -2.28. The fourth-order valence-electron chi connectivity index (χ4n) is 3.74. The van der Waals surface area contributed by atoms with Crippen LogP contribution < -0.4 is 30.3 Å².